The highest BCUT2D eigenvalue weighted by atomic mass is 31.2. The molecule has 4 rings (SSSR count). The summed E-state index contributed by atoms with van der Waals surface area (Å²) < 4.78 is 38.1. The number of para-hydroxylation sites is 2. The molecule has 16 nitrogen and oxygen atoms in total. The molecular formula is C40H47N6O10P. The molecule has 1 atom stereocenters. The monoisotopic (exact) mass is 802 g/mol. The molecule has 0 saturated carbocycles. The summed E-state index contributed by atoms with van der Waals surface area (Å²) in [5, 5.41) is 20.6. The molecule has 1 unspecified atom stereocenters. The van der Waals surface area contributed by atoms with Gasteiger partial charge in [-0.15, -0.1) is 4.99 Å². The van der Waals surface area contributed by atoms with Crippen LogP contribution in [0.25, 0.3) is 0 Å². The van der Waals surface area contributed by atoms with Gasteiger partial charge in [-0.25, -0.2) is 23.7 Å². The Morgan fingerprint density at radius 3 is 1.67 bits per heavy atom. The van der Waals surface area contributed by atoms with Gasteiger partial charge in [0.2, 0.25) is 11.4 Å². The number of guanidine groups is 1. The number of urea groups is 1. The lowest BCUT2D eigenvalue weighted by atomic mass is 10.1. The van der Waals surface area contributed by atoms with Crippen LogP contribution in [0, 0.1) is 0 Å². The Bertz CT molecular complexity index is 2010. The fourth-order valence-electron chi connectivity index (χ4n) is 4.96. The van der Waals surface area contributed by atoms with Crippen LogP contribution in [-0.2, 0) is 27.0 Å². The van der Waals surface area contributed by atoms with Gasteiger partial charge in [-0.2, -0.15) is 0 Å². The van der Waals surface area contributed by atoms with Crippen LogP contribution >= 0.6 is 7.60 Å². The average molecular weight is 803 g/mol. The molecular weight excluding hydrogens is 755 g/mol. The van der Waals surface area contributed by atoms with E-state index >= 15 is 4.57 Å². The third-order valence-electron chi connectivity index (χ3n) is 7.23. The Hall–Kier alpha value is -6.54. The fraction of sp³-hybridized carbons (Fsp3) is 0.275. The molecule has 4 aromatic rings. The van der Waals surface area contributed by atoms with Crippen molar-refractivity contribution in [3.05, 3.63) is 126 Å². The summed E-state index contributed by atoms with van der Waals surface area (Å²) in [7, 11) is -4.89. The maximum atomic E-state index is 15.4. The first kappa shape index (κ1) is 43.2. The average Bonchev–Trinajstić information content (AvgIpc) is 3.11. The number of nitrogens with zero attached hydrogens (tertiary/aromatic N) is 1. The van der Waals surface area contributed by atoms with Crippen LogP contribution in [-0.4, -0.2) is 52.0 Å². The highest BCUT2D eigenvalue weighted by molar-refractivity contribution is 7.56. The van der Waals surface area contributed by atoms with Crippen LogP contribution in [0.1, 0.15) is 52.7 Å². The van der Waals surface area contributed by atoms with Crippen molar-refractivity contribution < 1.29 is 47.4 Å². The first-order valence-electron chi connectivity index (χ1n) is 17.7. The van der Waals surface area contributed by atoms with E-state index in [9.17, 15) is 24.3 Å². The second kappa shape index (κ2) is 18.9. The van der Waals surface area contributed by atoms with E-state index in [1.54, 1.807) is 102 Å². The second-order valence-electron chi connectivity index (χ2n) is 14.5. The summed E-state index contributed by atoms with van der Waals surface area (Å²) in [4.78, 5) is 55.4. The topological polar surface area (TPSA) is 215 Å². The van der Waals surface area contributed by atoms with E-state index in [1.165, 1.54) is 48.5 Å². The van der Waals surface area contributed by atoms with E-state index in [0.717, 1.165) is 5.56 Å². The SMILES string of the molecule is CC(C)(C)OC(=O)N=C(NC(=O)OC(C)(C)C)Nc1ccc(CC(NC(=O)O)(NC(=O)NCc2ccccc2)P(=O)(Oc2ccccc2)Oc2ccccc2)cc1. The first-order valence-corrected chi connectivity index (χ1v) is 19.2. The number of carboxylic acid groups (broad SMARTS) is 1. The zero-order chi connectivity index (χ0) is 41.7. The quantitative estimate of drug-likeness (QED) is 0.0347. The molecule has 5 amide bonds. The molecule has 0 spiro atoms. The molecule has 0 saturated heterocycles. The third kappa shape index (κ3) is 14.2. The molecule has 17 heteroatoms. The van der Waals surface area contributed by atoms with Crippen molar-refractivity contribution in [1.82, 2.24) is 21.3 Å². The van der Waals surface area contributed by atoms with Crippen molar-refractivity contribution in [3.8, 4) is 11.5 Å². The minimum Gasteiger partial charge on any atom is -0.465 e. The summed E-state index contributed by atoms with van der Waals surface area (Å²) in [5.41, 5.74) is -0.369. The molecule has 0 fully saturated rings. The Balaban J connectivity index is 1.75. The minimum atomic E-state index is -4.89. The first-order chi connectivity index (χ1) is 26.8. The summed E-state index contributed by atoms with van der Waals surface area (Å²) >= 11 is 0. The van der Waals surface area contributed by atoms with Gasteiger partial charge in [0.1, 0.15) is 22.7 Å². The molecule has 4 aromatic carbocycles. The van der Waals surface area contributed by atoms with Crippen molar-refractivity contribution in [3.63, 3.8) is 0 Å². The molecule has 0 aliphatic heterocycles. The fourth-order valence-corrected chi connectivity index (χ4v) is 6.95. The Labute approximate surface area is 330 Å². The van der Waals surface area contributed by atoms with Gasteiger partial charge in [0.05, 0.1) is 0 Å². The van der Waals surface area contributed by atoms with E-state index in [0.29, 0.717) is 11.3 Å². The van der Waals surface area contributed by atoms with Gasteiger partial charge >= 0.3 is 31.9 Å². The molecule has 0 aliphatic carbocycles. The lowest BCUT2D eigenvalue weighted by molar-refractivity contribution is 0.0562. The van der Waals surface area contributed by atoms with E-state index in [4.69, 9.17) is 18.5 Å². The predicted octanol–water partition coefficient (Wildman–Crippen LogP) is 8.23. The summed E-state index contributed by atoms with van der Waals surface area (Å²) in [6.45, 7) is 10.0. The van der Waals surface area contributed by atoms with Crippen molar-refractivity contribution in [2.45, 2.75) is 71.1 Å². The normalized spacial score (nSPS) is 12.8. The smallest absolute Gasteiger partial charge is 0.465 e. The Morgan fingerprint density at radius 1 is 0.667 bits per heavy atom. The number of anilines is 1. The van der Waals surface area contributed by atoms with Gasteiger partial charge in [-0.05, 0) is 89.1 Å². The zero-order valence-corrected chi connectivity index (χ0v) is 33.3. The van der Waals surface area contributed by atoms with Gasteiger partial charge in [-0.1, -0.05) is 78.9 Å². The summed E-state index contributed by atoms with van der Waals surface area (Å²) in [5.74, 6) is -0.191. The van der Waals surface area contributed by atoms with Crippen molar-refractivity contribution in [2.75, 3.05) is 5.32 Å². The number of hydrogen-bond donors (Lipinski definition) is 6. The number of hydrogen-bond acceptors (Lipinski definition) is 9. The number of aliphatic imine (C=N–C) groups is 1. The number of alkyl carbamates (subject to hydrolysis) is 1. The van der Waals surface area contributed by atoms with E-state index in [-0.39, 0.29) is 24.0 Å². The maximum absolute atomic E-state index is 15.4. The Kier molecular flexibility index (Phi) is 14.3. The number of ether oxygens (including phenoxy) is 2. The summed E-state index contributed by atoms with van der Waals surface area (Å²) in [6, 6.07) is 30.1. The van der Waals surface area contributed by atoms with Gasteiger partial charge in [-0.3, -0.25) is 10.6 Å². The molecule has 0 bridgehead atoms. The molecule has 0 aliphatic rings. The maximum Gasteiger partial charge on any atom is 0.477 e. The van der Waals surface area contributed by atoms with Crippen LogP contribution in [0.15, 0.2) is 120 Å². The number of benzene rings is 4. The van der Waals surface area contributed by atoms with Gasteiger partial charge in [0, 0.05) is 18.7 Å². The van der Waals surface area contributed by atoms with E-state index in [2.05, 4.69) is 31.6 Å². The lowest BCUT2D eigenvalue weighted by Gasteiger charge is -2.39. The van der Waals surface area contributed by atoms with Crippen LogP contribution in [0.2, 0.25) is 0 Å². The van der Waals surface area contributed by atoms with Crippen LogP contribution in [0.5, 0.6) is 11.5 Å². The van der Waals surface area contributed by atoms with E-state index < -0.39 is 54.9 Å². The number of rotatable bonds is 12. The molecule has 0 radical (unpaired) electrons. The highest BCUT2D eigenvalue weighted by Gasteiger charge is 2.57. The van der Waals surface area contributed by atoms with Crippen LogP contribution in [0.4, 0.5) is 24.9 Å². The van der Waals surface area contributed by atoms with Gasteiger partial charge in [0.25, 0.3) is 0 Å². The predicted molar refractivity (Wildman–Crippen MR) is 214 cm³/mol. The molecule has 6 N–H and O–H groups in total. The van der Waals surface area contributed by atoms with Crippen molar-refractivity contribution >= 4 is 43.6 Å². The number of carbonyl (C=O) groups is 4. The Morgan fingerprint density at radius 2 is 1.18 bits per heavy atom. The highest BCUT2D eigenvalue weighted by Crippen LogP contribution is 2.58. The standard InChI is InChI=1S/C40H47N6O10P/c1-38(2,3)53-36(50)43-33(44-37(51)54-39(4,5)6)42-30-24-22-28(23-25-30)26-40(46-35(48)49,45-34(47)41-27-29-16-10-7-11-17-29)57(52,55-31-18-12-8-13-19-31)56-32-20-14-9-15-21-32/h7-25,46H,26-27H2,1-6H3,(H,48,49)(H2,41,45,47)(H2,42,43,44,50,51). The van der Waals surface area contributed by atoms with Crippen LogP contribution < -0.4 is 35.6 Å². The third-order valence-corrected chi connectivity index (χ3v) is 9.45. The molecule has 57 heavy (non-hydrogen) atoms. The molecule has 0 heterocycles. The largest absolute Gasteiger partial charge is 0.477 e. The lowest BCUT2D eigenvalue weighted by Crippen LogP contribution is -2.64. The molecule has 0 aromatic heterocycles. The number of carbonyl (C=O) groups excluding carboxylic acids is 3. The number of amides is 5. The minimum absolute atomic E-state index is 0.0457. The zero-order valence-electron chi connectivity index (χ0n) is 32.4. The summed E-state index contributed by atoms with van der Waals surface area (Å²) in [6.07, 6.45) is -4.03. The number of nitrogens with one attached hydrogen (secondary N) is 5. The second-order valence-corrected chi connectivity index (χ2v) is 16.6. The van der Waals surface area contributed by atoms with Gasteiger partial charge in [0.15, 0.2) is 0 Å². The molecule has 302 valence electrons. The van der Waals surface area contributed by atoms with E-state index in [1.807, 2.05) is 6.07 Å². The van der Waals surface area contributed by atoms with Gasteiger partial charge < -0.3 is 39.6 Å². The van der Waals surface area contributed by atoms with Crippen LogP contribution in [0.3, 0.4) is 0 Å². The van der Waals surface area contributed by atoms with Crippen molar-refractivity contribution in [1.29, 1.82) is 0 Å². The van der Waals surface area contributed by atoms with Crippen molar-refractivity contribution in [2.24, 2.45) is 4.99 Å².